The minimum Gasteiger partial charge on any atom is -0.311 e. The summed E-state index contributed by atoms with van der Waals surface area (Å²) in [5.74, 6) is -0.0100. The van der Waals surface area contributed by atoms with Gasteiger partial charge in [-0.25, -0.2) is 0 Å². The maximum atomic E-state index is 12.9. The number of para-hydroxylation sites is 1. The first kappa shape index (κ1) is 18.1. The summed E-state index contributed by atoms with van der Waals surface area (Å²) in [5, 5.41) is 4.83. The summed E-state index contributed by atoms with van der Waals surface area (Å²) < 4.78 is 1.92. The minimum absolute atomic E-state index is 0.0100. The summed E-state index contributed by atoms with van der Waals surface area (Å²) in [6.45, 7) is 0.654. The Morgan fingerprint density at radius 1 is 0.967 bits per heavy atom. The van der Waals surface area contributed by atoms with Crippen LogP contribution in [-0.4, -0.2) is 27.7 Å². The number of hydrogen-bond acceptors (Lipinski definition) is 3. The average Bonchev–Trinajstić information content (AvgIpc) is 3.29. The molecule has 0 aliphatic carbocycles. The van der Waals surface area contributed by atoms with Gasteiger partial charge in [0.05, 0.1) is 12.2 Å². The van der Waals surface area contributed by atoms with Crippen LogP contribution in [0, 0.1) is 0 Å². The van der Waals surface area contributed by atoms with E-state index >= 15 is 0 Å². The van der Waals surface area contributed by atoms with E-state index in [1.807, 2.05) is 78.6 Å². The first-order valence-corrected chi connectivity index (χ1v) is 9.81. The molecule has 1 aliphatic rings. The summed E-state index contributed by atoms with van der Waals surface area (Å²) >= 11 is 0. The first-order chi connectivity index (χ1) is 14.7. The van der Waals surface area contributed by atoms with Crippen LogP contribution in [0.15, 0.2) is 85.3 Å². The van der Waals surface area contributed by atoms with Crippen LogP contribution >= 0.6 is 0 Å². The van der Waals surface area contributed by atoms with Crippen LogP contribution in [0.5, 0.6) is 0 Å². The highest BCUT2D eigenvalue weighted by Gasteiger charge is 2.29. The molecule has 2 aromatic heterocycles. The lowest BCUT2D eigenvalue weighted by atomic mass is 10.0. The number of pyridine rings is 1. The topological polar surface area (TPSA) is 51.0 Å². The van der Waals surface area contributed by atoms with Gasteiger partial charge in [-0.1, -0.05) is 48.5 Å². The number of nitrogens with zero attached hydrogens (tertiary/aromatic N) is 4. The zero-order chi connectivity index (χ0) is 20.5. The van der Waals surface area contributed by atoms with Crippen molar-refractivity contribution in [1.29, 1.82) is 0 Å². The summed E-state index contributed by atoms with van der Waals surface area (Å²) in [5.41, 5.74) is 6.34. The summed E-state index contributed by atoms with van der Waals surface area (Å²) in [6.07, 6.45) is 7.49. The van der Waals surface area contributed by atoms with Crippen molar-refractivity contribution in [3.63, 3.8) is 0 Å². The normalized spacial score (nSPS) is 14.4. The fourth-order valence-corrected chi connectivity index (χ4v) is 3.82. The van der Waals surface area contributed by atoms with Gasteiger partial charge in [0.2, 0.25) is 0 Å². The van der Waals surface area contributed by atoms with Crippen molar-refractivity contribution in [2.24, 2.45) is 0 Å². The number of carbonyl (C=O) groups is 1. The Kier molecular flexibility index (Phi) is 4.48. The van der Waals surface area contributed by atoms with Gasteiger partial charge in [0.25, 0.3) is 5.91 Å². The van der Waals surface area contributed by atoms with E-state index < -0.39 is 0 Å². The molecule has 146 valence electrons. The largest absolute Gasteiger partial charge is 0.311 e. The molecule has 5 nitrogen and oxygen atoms in total. The number of likely N-dealkylation sites (N-methyl/N-ethyl adjacent to an activating group) is 1. The number of amides is 1. The lowest BCUT2D eigenvalue weighted by molar-refractivity contribution is -0.112. The molecule has 0 unspecified atom stereocenters. The number of aromatic nitrogens is 3. The van der Waals surface area contributed by atoms with Crippen molar-refractivity contribution in [2.45, 2.75) is 6.54 Å². The van der Waals surface area contributed by atoms with Crippen molar-refractivity contribution in [3.8, 4) is 11.3 Å². The molecule has 0 atom stereocenters. The quantitative estimate of drug-likeness (QED) is 0.480. The summed E-state index contributed by atoms with van der Waals surface area (Å²) in [4.78, 5) is 18.9. The average molecular weight is 392 g/mol. The van der Waals surface area contributed by atoms with Crippen molar-refractivity contribution in [1.82, 2.24) is 14.8 Å². The lowest BCUT2D eigenvalue weighted by Gasteiger charge is -2.07. The van der Waals surface area contributed by atoms with E-state index in [4.69, 9.17) is 5.10 Å². The Morgan fingerprint density at radius 2 is 1.77 bits per heavy atom. The Morgan fingerprint density at radius 3 is 2.57 bits per heavy atom. The highest BCUT2D eigenvalue weighted by atomic mass is 16.2. The highest BCUT2D eigenvalue weighted by Crippen LogP contribution is 2.37. The lowest BCUT2D eigenvalue weighted by Crippen LogP contribution is -2.20. The standard InChI is InChI=1S/C25H20N4O/c1-28-23-12-6-5-11-21(23)22(25(28)30)14-20-17-29(16-18-8-3-2-4-9-18)27-24(20)19-10-7-13-26-15-19/h2-15,17H,16H2,1H3/b22-14-. The van der Waals surface area contributed by atoms with E-state index in [2.05, 4.69) is 17.1 Å². The molecule has 1 amide bonds. The van der Waals surface area contributed by atoms with E-state index in [1.54, 1.807) is 17.3 Å². The second kappa shape index (κ2) is 7.44. The van der Waals surface area contributed by atoms with Gasteiger partial charge >= 0.3 is 0 Å². The molecular formula is C25H20N4O. The second-order valence-corrected chi connectivity index (χ2v) is 7.30. The van der Waals surface area contributed by atoms with Gasteiger partial charge in [-0.3, -0.25) is 14.5 Å². The van der Waals surface area contributed by atoms with E-state index in [-0.39, 0.29) is 5.91 Å². The molecule has 0 fully saturated rings. The number of fused-ring (bicyclic) bond motifs is 1. The first-order valence-electron chi connectivity index (χ1n) is 9.81. The molecule has 3 heterocycles. The van der Waals surface area contributed by atoms with E-state index in [0.717, 1.165) is 28.1 Å². The van der Waals surface area contributed by atoms with Crippen LogP contribution in [0.2, 0.25) is 0 Å². The molecule has 5 heteroatoms. The van der Waals surface area contributed by atoms with Crippen LogP contribution in [0.4, 0.5) is 5.69 Å². The Bertz CT molecular complexity index is 1240. The number of anilines is 1. The second-order valence-electron chi connectivity index (χ2n) is 7.30. The van der Waals surface area contributed by atoms with Gasteiger partial charge in [-0.05, 0) is 29.8 Å². The summed E-state index contributed by atoms with van der Waals surface area (Å²) in [6, 6.07) is 21.9. The van der Waals surface area contributed by atoms with Crippen molar-refractivity contribution in [2.75, 3.05) is 11.9 Å². The molecule has 0 spiro atoms. The predicted octanol–water partition coefficient (Wildman–Crippen LogP) is 4.51. The maximum Gasteiger partial charge on any atom is 0.258 e. The molecule has 0 radical (unpaired) electrons. The fourth-order valence-electron chi connectivity index (χ4n) is 3.82. The SMILES string of the molecule is CN1C(=O)/C(=C\c2cn(Cc3ccccc3)nc2-c2cccnc2)c2ccccc21. The molecule has 0 saturated carbocycles. The number of benzene rings is 2. The summed E-state index contributed by atoms with van der Waals surface area (Å²) in [7, 11) is 1.81. The zero-order valence-electron chi connectivity index (χ0n) is 16.6. The molecule has 30 heavy (non-hydrogen) atoms. The van der Waals surface area contributed by atoms with E-state index in [0.29, 0.717) is 12.1 Å². The van der Waals surface area contributed by atoms with Gasteiger partial charge in [0.1, 0.15) is 5.69 Å². The van der Waals surface area contributed by atoms with Gasteiger partial charge in [0.15, 0.2) is 0 Å². The molecule has 4 aromatic rings. The zero-order valence-corrected chi connectivity index (χ0v) is 16.6. The minimum atomic E-state index is -0.0100. The van der Waals surface area contributed by atoms with Crippen LogP contribution in [0.25, 0.3) is 22.9 Å². The molecule has 5 rings (SSSR count). The number of rotatable bonds is 4. The van der Waals surface area contributed by atoms with Gasteiger partial charge < -0.3 is 4.90 Å². The van der Waals surface area contributed by atoms with Gasteiger partial charge in [0, 0.05) is 47.9 Å². The third-order valence-corrected chi connectivity index (χ3v) is 5.30. The fraction of sp³-hybridized carbons (Fsp3) is 0.0800. The molecule has 0 bridgehead atoms. The van der Waals surface area contributed by atoms with Gasteiger partial charge in [-0.15, -0.1) is 0 Å². The van der Waals surface area contributed by atoms with Crippen LogP contribution in [-0.2, 0) is 11.3 Å². The highest BCUT2D eigenvalue weighted by molar-refractivity contribution is 6.35. The molecule has 1 aliphatic heterocycles. The van der Waals surface area contributed by atoms with Crippen molar-refractivity contribution < 1.29 is 4.79 Å². The maximum absolute atomic E-state index is 12.9. The van der Waals surface area contributed by atoms with E-state index in [9.17, 15) is 4.79 Å². The van der Waals surface area contributed by atoms with Crippen molar-refractivity contribution >= 4 is 23.2 Å². The predicted molar refractivity (Wildman–Crippen MR) is 119 cm³/mol. The smallest absolute Gasteiger partial charge is 0.258 e. The Labute approximate surface area is 174 Å². The Balaban J connectivity index is 1.62. The number of carbonyl (C=O) groups excluding carboxylic acids is 1. The number of hydrogen-bond donors (Lipinski definition) is 0. The molecule has 0 saturated heterocycles. The van der Waals surface area contributed by atoms with E-state index in [1.165, 1.54) is 5.56 Å². The van der Waals surface area contributed by atoms with Crippen LogP contribution < -0.4 is 4.90 Å². The third kappa shape index (κ3) is 3.20. The van der Waals surface area contributed by atoms with Crippen molar-refractivity contribution in [3.05, 3.63) is 102 Å². The van der Waals surface area contributed by atoms with Crippen LogP contribution in [0.3, 0.4) is 0 Å². The van der Waals surface area contributed by atoms with Gasteiger partial charge in [-0.2, -0.15) is 5.10 Å². The Hall–Kier alpha value is -3.99. The molecular weight excluding hydrogens is 372 g/mol. The molecule has 0 N–H and O–H groups in total. The van der Waals surface area contributed by atoms with Crippen LogP contribution in [0.1, 0.15) is 16.7 Å². The molecule has 2 aromatic carbocycles. The third-order valence-electron chi connectivity index (χ3n) is 5.30. The monoisotopic (exact) mass is 392 g/mol.